The van der Waals surface area contributed by atoms with Crippen molar-refractivity contribution < 1.29 is 9.53 Å². The zero-order valence-corrected chi connectivity index (χ0v) is 18.3. The Labute approximate surface area is 182 Å². The second-order valence-corrected chi connectivity index (χ2v) is 9.27. The van der Waals surface area contributed by atoms with Crippen LogP contribution in [0.2, 0.25) is 0 Å². The number of rotatable bonds is 5. The monoisotopic (exact) mass is 422 g/mol. The summed E-state index contributed by atoms with van der Waals surface area (Å²) in [6, 6.07) is 8.11. The van der Waals surface area contributed by atoms with Crippen molar-refractivity contribution in [2.45, 2.75) is 45.2 Å². The molecular weight excluding hydrogens is 392 g/mol. The third-order valence-electron chi connectivity index (χ3n) is 7.05. The molecule has 1 aromatic heterocycles. The fourth-order valence-electron chi connectivity index (χ4n) is 4.91. The fourth-order valence-corrected chi connectivity index (χ4v) is 4.91. The van der Waals surface area contributed by atoms with Gasteiger partial charge in [-0.05, 0) is 42.9 Å². The number of H-pyrrole nitrogens is 1. The van der Waals surface area contributed by atoms with Crippen LogP contribution in [0.1, 0.15) is 48.3 Å². The molecular formula is C24H30N4O3. The number of likely N-dealkylation sites (tertiary alicyclic amines) is 1. The van der Waals surface area contributed by atoms with Crippen LogP contribution in [0.4, 0.5) is 0 Å². The van der Waals surface area contributed by atoms with Crippen LogP contribution in [0, 0.1) is 11.8 Å². The number of carbonyl (C=O) groups is 1. The lowest BCUT2D eigenvalue weighted by Crippen LogP contribution is -2.36. The van der Waals surface area contributed by atoms with E-state index >= 15 is 0 Å². The lowest BCUT2D eigenvalue weighted by atomic mass is 10.0. The lowest BCUT2D eigenvalue weighted by molar-refractivity contribution is -0.131. The number of benzene rings is 1. The normalized spacial score (nSPS) is 25.4. The van der Waals surface area contributed by atoms with Crippen molar-refractivity contribution in [1.82, 2.24) is 19.8 Å². The van der Waals surface area contributed by atoms with E-state index in [9.17, 15) is 9.59 Å². The molecule has 1 aliphatic carbocycles. The van der Waals surface area contributed by atoms with Crippen molar-refractivity contribution in [1.29, 1.82) is 0 Å². The average molecular weight is 423 g/mol. The van der Waals surface area contributed by atoms with E-state index in [1.807, 2.05) is 17.0 Å². The zero-order chi connectivity index (χ0) is 21.5. The van der Waals surface area contributed by atoms with Gasteiger partial charge in [-0.2, -0.15) is 0 Å². The van der Waals surface area contributed by atoms with Gasteiger partial charge < -0.3 is 14.6 Å². The minimum Gasteiger partial charge on any atom is -0.497 e. The highest BCUT2D eigenvalue weighted by Crippen LogP contribution is 2.40. The molecule has 0 radical (unpaired) electrons. The van der Waals surface area contributed by atoms with Crippen molar-refractivity contribution >= 4 is 5.91 Å². The molecule has 1 saturated heterocycles. The molecule has 0 bridgehead atoms. The first kappa shape index (κ1) is 20.2. The summed E-state index contributed by atoms with van der Waals surface area (Å²) in [5, 5.41) is 0. The standard InChI is InChI=1S/C24H30N4O3/c1-15-11-20(15)24(30)28-10-7-17(13-28)22-25-21-14-27(9-8-19(21)23(29)26-22)12-16-3-5-18(31-2)6-4-16/h3-6,15,17,20H,7-14H2,1-2H3,(H,25,26,29)/t15-,17-,20+/m0/s1. The molecule has 3 heterocycles. The second-order valence-electron chi connectivity index (χ2n) is 9.27. The minimum absolute atomic E-state index is 0.00955. The Hall–Kier alpha value is -2.67. The van der Waals surface area contributed by atoms with E-state index in [0.717, 1.165) is 55.3 Å². The predicted molar refractivity (Wildman–Crippen MR) is 117 cm³/mol. The van der Waals surface area contributed by atoms with E-state index < -0.39 is 0 Å². The molecule has 3 atom stereocenters. The van der Waals surface area contributed by atoms with E-state index in [1.165, 1.54) is 5.56 Å². The first-order valence-corrected chi connectivity index (χ1v) is 11.3. The van der Waals surface area contributed by atoms with Crippen molar-refractivity contribution in [3.05, 3.63) is 57.3 Å². The third kappa shape index (κ3) is 4.11. The summed E-state index contributed by atoms with van der Waals surface area (Å²) in [5.74, 6) is 2.72. The van der Waals surface area contributed by atoms with E-state index in [-0.39, 0.29) is 23.3 Å². The summed E-state index contributed by atoms with van der Waals surface area (Å²) >= 11 is 0. The molecule has 0 spiro atoms. The number of methoxy groups -OCH3 is 1. The van der Waals surface area contributed by atoms with Crippen LogP contribution in [0.25, 0.3) is 0 Å². The molecule has 7 heteroatoms. The number of hydrogen-bond acceptors (Lipinski definition) is 5. The van der Waals surface area contributed by atoms with Crippen LogP contribution >= 0.6 is 0 Å². The van der Waals surface area contributed by atoms with Crippen LogP contribution < -0.4 is 10.3 Å². The second kappa shape index (κ2) is 8.11. The maximum Gasteiger partial charge on any atom is 0.254 e. The van der Waals surface area contributed by atoms with E-state index in [0.29, 0.717) is 25.4 Å². The highest BCUT2D eigenvalue weighted by atomic mass is 16.5. The average Bonchev–Trinajstić information content (AvgIpc) is 3.30. The van der Waals surface area contributed by atoms with Gasteiger partial charge in [0.1, 0.15) is 11.6 Å². The molecule has 1 N–H and O–H groups in total. The molecule has 5 rings (SSSR count). The van der Waals surface area contributed by atoms with E-state index in [2.05, 4.69) is 28.9 Å². The van der Waals surface area contributed by atoms with Crippen LogP contribution in [0.5, 0.6) is 5.75 Å². The summed E-state index contributed by atoms with van der Waals surface area (Å²) in [7, 11) is 1.67. The SMILES string of the molecule is COc1ccc(CN2CCc3c(nc([C@H]4CCN(C(=O)[C@@H]5C[C@@H]5C)C4)[nH]c3=O)C2)cc1. The number of nitrogens with one attached hydrogen (secondary N) is 1. The molecule has 2 aromatic rings. The van der Waals surface area contributed by atoms with Crippen molar-refractivity contribution in [3.8, 4) is 5.75 Å². The Morgan fingerprint density at radius 3 is 2.74 bits per heavy atom. The van der Waals surface area contributed by atoms with Crippen molar-refractivity contribution in [2.24, 2.45) is 11.8 Å². The molecule has 164 valence electrons. The quantitative estimate of drug-likeness (QED) is 0.800. The van der Waals surface area contributed by atoms with Crippen LogP contribution in [-0.2, 0) is 24.3 Å². The number of ether oxygens (including phenoxy) is 1. The van der Waals surface area contributed by atoms with Gasteiger partial charge in [0.05, 0.1) is 12.8 Å². The summed E-state index contributed by atoms with van der Waals surface area (Å²) in [6.45, 7) is 5.90. The minimum atomic E-state index is -0.00955. The van der Waals surface area contributed by atoms with Crippen LogP contribution in [0.3, 0.4) is 0 Å². The predicted octanol–water partition coefficient (Wildman–Crippen LogP) is 2.31. The maximum atomic E-state index is 12.7. The summed E-state index contributed by atoms with van der Waals surface area (Å²) in [4.78, 5) is 37.5. The molecule has 1 aromatic carbocycles. The molecule has 31 heavy (non-hydrogen) atoms. The molecule has 0 unspecified atom stereocenters. The van der Waals surface area contributed by atoms with Gasteiger partial charge in [0, 0.05) is 50.1 Å². The number of hydrogen-bond donors (Lipinski definition) is 1. The number of carbonyl (C=O) groups excluding carboxylic acids is 1. The number of fused-ring (bicyclic) bond motifs is 1. The smallest absolute Gasteiger partial charge is 0.254 e. The first-order chi connectivity index (χ1) is 15.0. The number of nitrogens with zero attached hydrogens (tertiary/aromatic N) is 3. The van der Waals surface area contributed by atoms with Gasteiger partial charge in [0.2, 0.25) is 5.91 Å². The Balaban J connectivity index is 1.28. The van der Waals surface area contributed by atoms with Gasteiger partial charge >= 0.3 is 0 Å². The maximum absolute atomic E-state index is 12.7. The fraction of sp³-hybridized carbons (Fsp3) is 0.542. The Morgan fingerprint density at radius 2 is 2.03 bits per heavy atom. The Kier molecular flexibility index (Phi) is 5.30. The van der Waals surface area contributed by atoms with Gasteiger partial charge in [0.15, 0.2) is 0 Å². The van der Waals surface area contributed by atoms with Crippen molar-refractivity contribution in [2.75, 3.05) is 26.7 Å². The molecule has 3 aliphatic rings. The van der Waals surface area contributed by atoms with Gasteiger partial charge in [0.25, 0.3) is 5.56 Å². The number of amides is 1. The largest absolute Gasteiger partial charge is 0.497 e. The number of aromatic amines is 1. The summed E-state index contributed by atoms with van der Waals surface area (Å²) in [6.07, 6.45) is 2.59. The van der Waals surface area contributed by atoms with Gasteiger partial charge in [-0.3, -0.25) is 14.5 Å². The topological polar surface area (TPSA) is 78.5 Å². The van der Waals surface area contributed by atoms with Crippen molar-refractivity contribution in [3.63, 3.8) is 0 Å². The molecule has 2 fully saturated rings. The molecule has 7 nitrogen and oxygen atoms in total. The highest BCUT2D eigenvalue weighted by molar-refractivity contribution is 5.81. The Morgan fingerprint density at radius 1 is 1.26 bits per heavy atom. The van der Waals surface area contributed by atoms with Gasteiger partial charge in [-0.1, -0.05) is 19.1 Å². The molecule has 2 aliphatic heterocycles. The summed E-state index contributed by atoms with van der Waals surface area (Å²) in [5.41, 5.74) is 2.91. The molecule has 1 amide bonds. The van der Waals surface area contributed by atoms with Crippen LogP contribution in [0.15, 0.2) is 29.1 Å². The van der Waals surface area contributed by atoms with Crippen LogP contribution in [-0.4, -0.2) is 52.4 Å². The lowest BCUT2D eigenvalue weighted by Gasteiger charge is -2.28. The molecule has 1 saturated carbocycles. The van der Waals surface area contributed by atoms with E-state index in [4.69, 9.17) is 9.72 Å². The zero-order valence-electron chi connectivity index (χ0n) is 18.3. The van der Waals surface area contributed by atoms with E-state index in [1.54, 1.807) is 7.11 Å². The summed E-state index contributed by atoms with van der Waals surface area (Å²) < 4.78 is 5.24. The third-order valence-corrected chi connectivity index (χ3v) is 7.05. The van der Waals surface area contributed by atoms with Gasteiger partial charge in [-0.15, -0.1) is 0 Å². The highest BCUT2D eigenvalue weighted by Gasteiger charge is 2.43. The Bertz CT molecular complexity index is 1030. The van der Waals surface area contributed by atoms with Gasteiger partial charge in [-0.25, -0.2) is 4.98 Å². The first-order valence-electron chi connectivity index (χ1n) is 11.3. The number of aromatic nitrogens is 2.